The highest BCUT2D eigenvalue weighted by Crippen LogP contribution is 2.44. The number of carbonyl (C=O) groups is 1. The van der Waals surface area contributed by atoms with Crippen molar-refractivity contribution in [3.8, 4) is 17.2 Å². The normalized spacial score (nSPS) is 16.4. The van der Waals surface area contributed by atoms with E-state index in [9.17, 15) is 9.90 Å². The number of aromatic nitrogens is 2. The zero-order valence-electron chi connectivity index (χ0n) is 23.5. The number of nitrogens with one attached hydrogen (secondary N) is 1. The number of pyridine rings is 1. The number of rotatable bonds is 7. The van der Waals surface area contributed by atoms with Crippen molar-refractivity contribution in [1.29, 1.82) is 0 Å². The summed E-state index contributed by atoms with van der Waals surface area (Å²) in [5.74, 6) is 0.551. The maximum Gasteiger partial charge on any atom is 0.335 e. The summed E-state index contributed by atoms with van der Waals surface area (Å²) < 4.78 is 8.16. The lowest BCUT2D eigenvalue weighted by Crippen LogP contribution is -2.29. The number of aromatic carboxylic acids is 1. The van der Waals surface area contributed by atoms with Gasteiger partial charge in [-0.25, -0.2) is 4.79 Å². The lowest BCUT2D eigenvalue weighted by atomic mass is 9.96. The van der Waals surface area contributed by atoms with Crippen LogP contribution in [-0.2, 0) is 0 Å². The van der Waals surface area contributed by atoms with E-state index in [0.717, 1.165) is 45.5 Å². The van der Waals surface area contributed by atoms with Crippen molar-refractivity contribution in [2.75, 3.05) is 4.90 Å². The summed E-state index contributed by atoms with van der Waals surface area (Å²) in [6, 6.07) is 30.5. The number of aryl methyl sites for hydroxylation is 2. The van der Waals surface area contributed by atoms with Gasteiger partial charge in [-0.3, -0.25) is 4.98 Å². The van der Waals surface area contributed by atoms with E-state index < -0.39 is 5.97 Å². The van der Waals surface area contributed by atoms with Crippen molar-refractivity contribution in [3.05, 3.63) is 137 Å². The van der Waals surface area contributed by atoms with E-state index in [0.29, 0.717) is 5.11 Å². The molecule has 1 aliphatic heterocycles. The minimum atomic E-state index is -0.957. The van der Waals surface area contributed by atoms with E-state index in [4.69, 9.17) is 17.0 Å². The van der Waals surface area contributed by atoms with E-state index in [2.05, 4.69) is 32.8 Å². The predicted octanol–water partition coefficient (Wildman–Crippen LogP) is 7.47. The Morgan fingerprint density at radius 3 is 2.26 bits per heavy atom. The molecule has 0 bridgehead atoms. The summed E-state index contributed by atoms with van der Waals surface area (Å²) in [5.41, 5.74) is 7.07. The number of nitrogens with zero attached hydrogens (tertiary/aromatic N) is 3. The summed E-state index contributed by atoms with van der Waals surface area (Å²) in [4.78, 5) is 18.5. The fraction of sp³-hybridized carbons (Fsp3) is 0.147. The van der Waals surface area contributed by atoms with Gasteiger partial charge in [0.2, 0.25) is 0 Å². The van der Waals surface area contributed by atoms with Gasteiger partial charge in [0.1, 0.15) is 11.5 Å². The first-order chi connectivity index (χ1) is 20.3. The molecule has 1 aliphatic rings. The molecule has 0 unspecified atom stereocenters. The van der Waals surface area contributed by atoms with Crippen LogP contribution in [0.3, 0.4) is 0 Å². The van der Waals surface area contributed by atoms with E-state index >= 15 is 0 Å². The molecule has 3 heterocycles. The molecule has 0 saturated carbocycles. The molecule has 0 amide bonds. The molecule has 0 spiro atoms. The first-order valence-corrected chi connectivity index (χ1v) is 14.1. The van der Waals surface area contributed by atoms with Gasteiger partial charge in [-0.2, -0.15) is 0 Å². The summed E-state index contributed by atoms with van der Waals surface area (Å²) in [7, 11) is 0. The number of hydrogen-bond donors (Lipinski definition) is 2. The molecule has 42 heavy (non-hydrogen) atoms. The Labute approximate surface area is 250 Å². The van der Waals surface area contributed by atoms with Gasteiger partial charge >= 0.3 is 5.97 Å². The third-order valence-corrected chi connectivity index (χ3v) is 7.92. The van der Waals surface area contributed by atoms with E-state index in [1.807, 2.05) is 86.6 Å². The van der Waals surface area contributed by atoms with Crippen molar-refractivity contribution < 1.29 is 14.6 Å². The van der Waals surface area contributed by atoms with Gasteiger partial charge in [0.05, 0.1) is 23.3 Å². The lowest BCUT2D eigenvalue weighted by Gasteiger charge is -2.28. The van der Waals surface area contributed by atoms with Crippen LogP contribution in [0.25, 0.3) is 5.69 Å². The second-order valence-electron chi connectivity index (χ2n) is 10.4. The highest BCUT2D eigenvalue weighted by molar-refractivity contribution is 7.80. The standard InChI is InChI=1S/C34H30N4O3S/c1-21-10-14-27(15-11-21)41-28-16-12-25(13-17-28)38-32(31(36-34(38)42)30-9-4-5-18-35-30)29-19-22(2)37(23(29)3)26-8-6-7-24(20-26)33(39)40/h4-20,31-32H,1-3H3,(H,36,42)(H,39,40)/t31-,32+/m0/s1. The van der Waals surface area contributed by atoms with Gasteiger partial charge in [0, 0.05) is 29.0 Å². The third kappa shape index (κ3) is 5.12. The number of benzene rings is 3. The molecule has 0 aliphatic carbocycles. The molecule has 0 radical (unpaired) electrons. The fourth-order valence-corrected chi connectivity index (χ4v) is 5.97. The monoisotopic (exact) mass is 574 g/mol. The second-order valence-corrected chi connectivity index (χ2v) is 10.8. The summed E-state index contributed by atoms with van der Waals surface area (Å²) in [6.45, 7) is 6.13. The highest BCUT2D eigenvalue weighted by atomic mass is 32.1. The van der Waals surface area contributed by atoms with Crippen LogP contribution in [0.15, 0.2) is 103 Å². The van der Waals surface area contributed by atoms with E-state index in [-0.39, 0.29) is 17.6 Å². The average Bonchev–Trinajstić information content (AvgIpc) is 3.49. The van der Waals surface area contributed by atoms with Crippen LogP contribution in [0.1, 0.15) is 50.7 Å². The SMILES string of the molecule is Cc1ccc(Oc2ccc(N3C(=S)N[C@@H](c4ccccn4)[C@H]3c3cc(C)n(-c4cccc(C(=O)O)c4)c3C)cc2)cc1. The smallest absolute Gasteiger partial charge is 0.335 e. The first-order valence-electron chi connectivity index (χ1n) is 13.7. The molecule has 8 heteroatoms. The molecule has 2 N–H and O–H groups in total. The van der Waals surface area contributed by atoms with E-state index in [1.165, 1.54) is 5.56 Å². The molecule has 7 nitrogen and oxygen atoms in total. The van der Waals surface area contributed by atoms with Gasteiger partial charge in [0.15, 0.2) is 5.11 Å². The Bertz CT molecular complexity index is 1770. The number of carboxylic acids is 1. The van der Waals surface area contributed by atoms with Crippen LogP contribution in [0, 0.1) is 20.8 Å². The Balaban J connectivity index is 1.41. The lowest BCUT2D eigenvalue weighted by molar-refractivity contribution is 0.0697. The minimum Gasteiger partial charge on any atom is -0.478 e. The summed E-state index contributed by atoms with van der Waals surface area (Å²) in [5, 5.41) is 13.7. The summed E-state index contributed by atoms with van der Waals surface area (Å²) >= 11 is 5.93. The Hall–Kier alpha value is -4.95. The number of ether oxygens (including phenoxy) is 1. The average molecular weight is 575 g/mol. The quantitative estimate of drug-likeness (QED) is 0.195. The van der Waals surface area contributed by atoms with Gasteiger partial charge in [-0.05, 0) is 111 Å². The Morgan fingerprint density at radius 2 is 1.60 bits per heavy atom. The second kappa shape index (κ2) is 11.1. The molecule has 3 aromatic carbocycles. The van der Waals surface area contributed by atoms with Crippen LogP contribution < -0.4 is 15.0 Å². The van der Waals surface area contributed by atoms with Crippen molar-refractivity contribution >= 4 is 29.0 Å². The minimum absolute atomic E-state index is 0.207. The van der Waals surface area contributed by atoms with Crippen molar-refractivity contribution in [2.45, 2.75) is 32.9 Å². The third-order valence-electron chi connectivity index (χ3n) is 7.61. The maximum atomic E-state index is 11.7. The molecule has 2 aromatic heterocycles. The van der Waals surface area contributed by atoms with Crippen LogP contribution in [0.5, 0.6) is 11.5 Å². The maximum absolute atomic E-state index is 11.7. The molecule has 2 atom stereocenters. The van der Waals surface area contributed by atoms with Crippen LogP contribution in [-0.4, -0.2) is 25.7 Å². The van der Waals surface area contributed by atoms with Gasteiger partial charge in [0.25, 0.3) is 0 Å². The van der Waals surface area contributed by atoms with Crippen molar-refractivity contribution in [2.24, 2.45) is 0 Å². The fourth-order valence-electron chi connectivity index (χ4n) is 5.63. The van der Waals surface area contributed by atoms with Gasteiger partial charge in [-0.15, -0.1) is 0 Å². The zero-order chi connectivity index (χ0) is 29.4. The first kappa shape index (κ1) is 27.2. The largest absolute Gasteiger partial charge is 0.478 e. The zero-order valence-corrected chi connectivity index (χ0v) is 24.3. The summed E-state index contributed by atoms with van der Waals surface area (Å²) in [6.07, 6.45) is 1.79. The van der Waals surface area contributed by atoms with Crippen molar-refractivity contribution in [3.63, 3.8) is 0 Å². The number of hydrogen-bond acceptors (Lipinski definition) is 4. The Morgan fingerprint density at radius 1 is 0.881 bits per heavy atom. The highest BCUT2D eigenvalue weighted by Gasteiger charge is 2.42. The molecular weight excluding hydrogens is 544 g/mol. The molecule has 1 saturated heterocycles. The number of carboxylic acid groups (broad SMARTS) is 1. The molecular formula is C34H30N4O3S. The predicted molar refractivity (Wildman–Crippen MR) is 168 cm³/mol. The van der Waals surface area contributed by atoms with Gasteiger partial charge < -0.3 is 24.6 Å². The molecule has 1 fully saturated rings. The Kier molecular flexibility index (Phi) is 7.22. The van der Waals surface area contributed by atoms with Crippen LogP contribution in [0.4, 0.5) is 5.69 Å². The molecule has 6 rings (SSSR count). The van der Waals surface area contributed by atoms with Crippen LogP contribution in [0.2, 0.25) is 0 Å². The van der Waals surface area contributed by atoms with Crippen LogP contribution >= 0.6 is 12.2 Å². The number of anilines is 1. The van der Waals surface area contributed by atoms with Crippen molar-refractivity contribution in [1.82, 2.24) is 14.9 Å². The van der Waals surface area contributed by atoms with Gasteiger partial charge in [-0.1, -0.05) is 29.8 Å². The molecule has 210 valence electrons. The van der Waals surface area contributed by atoms with E-state index in [1.54, 1.807) is 24.4 Å². The molecule has 5 aromatic rings. The topological polar surface area (TPSA) is 79.6 Å². The number of thiocarbonyl (C=S) groups is 1.